The number of aromatic nitrogens is 1. The minimum Gasteiger partial charge on any atom is -0.360 e. The zero-order valence-electron chi connectivity index (χ0n) is 14.0. The maximum Gasteiger partial charge on any atom is 0.238 e. The molecule has 8 heteroatoms. The smallest absolute Gasteiger partial charge is 0.238 e. The van der Waals surface area contributed by atoms with Gasteiger partial charge in [0.1, 0.15) is 5.76 Å². The topological polar surface area (TPSA) is 96.3 Å². The van der Waals surface area contributed by atoms with Crippen molar-refractivity contribution < 1.29 is 14.1 Å². The first-order valence-electron chi connectivity index (χ1n) is 8.41. The molecule has 2 fully saturated rings. The molecule has 0 spiro atoms. The van der Waals surface area contributed by atoms with Crippen molar-refractivity contribution in [1.82, 2.24) is 15.8 Å². The van der Waals surface area contributed by atoms with Crippen LogP contribution in [0.4, 0.5) is 5.82 Å². The number of amides is 2. The lowest BCUT2D eigenvalue weighted by Gasteiger charge is -2.29. The number of fused-ring (bicyclic) bond motifs is 2. The van der Waals surface area contributed by atoms with Crippen LogP contribution in [0.1, 0.15) is 38.4 Å². The number of aryl methyl sites for hydroxylation is 1. The van der Waals surface area contributed by atoms with Crippen molar-refractivity contribution in [3.8, 4) is 0 Å². The Hall–Kier alpha value is -1.54. The molecule has 1 aromatic rings. The number of nitrogens with one attached hydrogen (secondary N) is 3. The normalized spacial score (nSPS) is 26.8. The van der Waals surface area contributed by atoms with Crippen molar-refractivity contribution >= 4 is 29.4 Å². The summed E-state index contributed by atoms with van der Waals surface area (Å²) in [6.45, 7) is 3.54. The monoisotopic (exact) mass is 352 g/mol. The molecule has 132 valence electrons. The summed E-state index contributed by atoms with van der Waals surface area (Å²) in [4.78, 5) is 24.2. The number of carbonyl (C=O) groups excluding carboxylic acids is 2. The molecule has 2 aliphatic heterocycles. The molecule has 3 heterocycles. The van der Waals surface area contributed by atoms with E-state index in [0.717, 1.165) is 12.8 Å². The quantitative estimate of drug-likeness (QED) is 0.717. The van der Waals surface area contributed by atoms with Gasteiger partial charge >= 0.3 is 0 Å². The highest BCUT2D eigenvalue weighted by Gasteiger charge is 2.34. The van der Waals surface area contributed by atoms with E-state index in [1.807, 2.05) is 0 Å². The molecular weight excluding hydrogens is 328 g/mol. The highest BCUT2D eigenvalue weighted by molar-refractivity contribution is 8.01. The van der Waals surface area contributed by atoms with E-state index in [-0.39, 0.29) is 28.9 Å². The Morgan fingerprint density at radius 2 is 2.12 bits per heavy atom. The fraction of sp³-hybridized carbons (Fsp3) is 0.688. The van der Waals surface area contributed by atoms with Gasteiger partial charge in [-0.1, -0.05) is 5.16 Å². The molecule has 0 saturated carbocycles. The zero-order chi connectivity index (χ0) is 17.1. The van der Waals surface area contributed by atoms with Gasteiger partial charge in [0.05, 0.1) is 11.0 Å². The van der Waals surface area contributed by atoms with Crippen molar-refractivity contribution in [3.63, 3.8) is 0 Å². The Labute approximate surface area is 145 Å². The van der Waals surface area contributed by atoms with Crippen molar-refractivity contribution in [2.24, 2.45) is 0 Å². The number of anilines is 1. The molecule has 3 atom stereocenters. The van der Waals surface area contributed by atoms with Crippen LogP contribution in [0.5, 0.6) is 0 Å². The number of rotatable bonds is 6. The molecule has 0 aromatic carbocycles. The van der Waals surface area contributed by atoms with E-state index >= 15 is 0 Å². The van der Waals surface area contributed by atoms with E-state index in [0.29, 0.717) is 23.7 Å². The third-order valence-corrected chi connectivity index (χ3v) is 5.69. The summed E-state index contributed by atoms with van der Waals surface area (Å²) in [5.41, 5.74) is 0. The summed E-state index contributed by atoms with van der Waals surface area (Å²) >= 11 is 1.33. The maximum absolute atomic E-state index is 12.1. The first kappa shape index (κ1) is 17.3. The van der Waals surface area contributed by atoms with E-state index in [2.05, 4.69) is 21.1 Å². The van der Waals surface area contributed by atoms with E-state index in [4.69, 9.17) is 4.52 Å². The molecule has 0 aliphatic carbocycles. The number of thioether (sulfide) groups is 1. The third kappa shape index (κ3) is 4.51. The number of hydrogen-bond acceptors (Lipinski definition) is 6. The second kappa shape index (κ2) is 7.57. The van der Waals surface area contributed by atoms with Gasteiger partial charge in [-0.2, -0.15) is 0 Å². The Morgan fingerprint density at radius 1 is 1.42 bits per heavy atom. The van der Waals surface area contributed by atoms with Crippen LogP contribution in [0.3, 0.4) is 0 Å². The van der Waals surface area contributed by atoms with E-state index < -0.39 is 0 Å². The minimum atomic E-state index is -0.336. The fourth-order valence-electron chi connectivity index (χ4n) is 3.37. The average Bonchev–Trinajstić information content (AvgIpc) is 3.10. The Kier molecular flexibility index (Phi) is 5.45. The van der Waals surface area contributed by atoms with Crippen LogP contribution < -0.4 is 16.0 Å². The lowest BCUT2D eigenvalue weighted by molar-refractivity contribution is -0.119. The van der Waals surface area contributed by atoms with Crippen LogP contribution in [0.15, 0.2) is 10.6 Å². The van der Waals surface area contributed by atoms with Gasteiger partial charge in [-0.05, 0) is 39.5 Å². The Morgan fingerprint density at radius 3 is 2.75 bits per heavy atom. The number of nitrogens with zero attached hydrogens (tertiary/aromatic N) is 1. The van der Waals surface area contributed by atoms with Crippen LogP contribution in [0.25, 0.3) is 0 Å². The van der Waals surface area contributed by atoms with E-state index in [1.165, 1.54) is 24.6 Å². The van der Waals surface area contributed by atoms with Crippen LogP contribution in [0, 0.1) is 6.92 Å². The van der Waals surface area contributed by atoms with Crippen molar-refractivity contribution in [2.45, 2.75) is 62.9 Å². The van der Waals surface area contributed by atoms with Crippen molar-refractivity contribution in [3.05, 3.63) is 11.8 Å². The van der Waals surface area contributed by atoms with Crippen LogP contribution in [-0.4, -0.2) is 46.1 Å². The third-order valence-electron chi connectivity index (χ3n) is 4.55. The summed E-state index contributed by atoms with van der Waals surface area (Å²) in [6.07, 6.45) is 4.44. The average molecular weight is 352 g/mol. The van der Waals surface area contributed by atoms with Crippen LogP contribution in [0.2, 0.25) is 0 Å². The first-order valence-corrected chi connectivity index (χ1v) is 9.45. The molecule has 3 N–H and O–H groups in total. The van der Waals surface area contributed by atoms with Gasteiger partial charge in [0.15, 0.2) is 5.82 Å². The van der Waals surface area contributed by atoms with Crippen LogP contribution >= 0.6 is 11.8 Å². The van der Waals surface area contributed by atoms with Gasteiger partial charge in [-0.15, -0.1) is 11.8 Å². The van der Waals surface area contributed by atoms with Gasteiger partial charge in [0.25, 0.3) is 0 Å². The molecule has 0 radical (unpaired) electrons. The second-order valence-electron chi connectivity index (χ2n) is 6.64. The molecule has 24 heavy (non-hydrogen) atoms. The zero-order valence-corrected chi connectivity index (χ0v) is 14.8. The van der Waals surface area contributed by atoms with Gasteiger partial charge in [-0.25, -0.2) is 0 Å². The predicted molar refractivity (Wildman–Crippen MR) is 92.9 cm³/mol. The lowest BCUT2D eigenvalue weighted by Crippen LogP contribution is -2.48. The molecule has 3 unspecified atom stereocenters. The first-order chi connectivity index (χ1) is 11.5. The number of carbonyl (C=O) groups is 2. The summed E-state index contributed by atoms with van der Waals surface area (Å²) < 4.78 is 4.91. The molecule has 7 nitrogen and oxygen atoms in total. The van der Waals surface area contributed by atoms with E-state index in [9.17, 15) is 9.59 Å². The molecule has 1 aromatic heterocycles. The van der Waals surface area contributed by atoms with Gasteiger partial charge < -0.3 is 20.5 Å². The van der Waals surface area contributed by atoms with Gasteiger partial charge in [0.2, 0.25) is 11.8 Å². The lowest BCUT2D eigenvalue weighted by atomic mass is 10.00. The number of hydrogen-bond donors (Lipinski definition) is 3. The minimum absolute atomic E-state index is 0.00299. The second-order valence-corrected chi connectivity index (χ2v) is 7.97. The van der Waals surface area contributed by atoms with Gasteiger partial charge in [-0.3, -0.25) is 9.59 Å². The molecule has 2 aliphatic rings. The Bertz CT molecular complexity index is 594. The summed E-state index contributed by atoms with van der Waals surface area (Å²) in [5.74, 6) is 1.15. The fourth-order valence-corrected chi connectivity index (χ4v) is 4.07. The molecule has 3 rings (SSSR count). The van der Waals surface area contributed by atoms with E-state index in [1.54, 1.807) is 19.9 Å². The van der Waals surface area contributed by atoms with Crippen molar-refractivity contribution in [2.75, 3.05) is 11.1 Å². The van der Waals surface area contributed by atoms with Crippen LogP contribution in [-0.2, 0) is 9.59 Å². The van der Waals surface area contributed by atoms with Crippen molar-refractivity contribution in [1.29, 1.82) is 0 Å². The summed E-state index contributed by atoms with van der Waals surface area (Å²) in [7, 11) is 0. The molecule has 2 amide bonds. The SMILES string of the molecule is Cc1cc(NC(=O)C(C)SCC(=O)NC2CC3CCC(C2)N3)no1. The molecular formula is C16H24N4O3S. The molecule has 2 bridgehead atoms. The maximum atomic E-state index is 12.1. The predicted octanol–water partition coefficient (Wildman–Crippen LogP) is 1.44. The highest BCUT2D eigenvalue weighted by Crippen LogP contribution is 2.26. The standard InChI is InChI=1S/C16H24N4O3S/c1-9-5-14(20-23-9)19-16(22)10(2)24-8-15(21)18-13-6-11-3-4-12(7-13)17-11/h5,10-13,17H,3-4,6-8H2,1-2H3,(H,18,21)(H,19,20,22). The number of piperidine rings is 1. The van der Waals surface area contributed by atoms with Gasteiger partial charge in [0, 0.05) is 24.2 Å². The largest absolute Gasteiger partial charge is 0.360 e. The highest BCUT2D eigenvalue weighted by atomic mass is 32.2. The molecule has 2 saturated heterocycles. The summed E-state index contributed by atoms with van der Waals surface area (Å²) in [5, 5.41) is 12.7. The Balaban J connectivity index is 1.38. The summed E-state index contributed by atoms with van der Waals surface area (Å²) in [6, 6.07) is 3.03.